The summed E-state index contributed by atoms with van der Waals surface area (Å²) in [7, 11) is 0. The fourth-order valence-electron chi connectivity index (χ4n) is 3.25. The fourth-order valence-corrected chi connectivity index (χ4v) is 3.25. The molecule has 0 spiro atoms. The van der Waals surface area contributed by atoms with Crippen LogP contribution in [0.2, 0.25) is 0 Å². The fraction of sp³-hybridized carbons (Fsp3) is 0.765. The summed E-state index contributed by atoms with van der Waals surface area (Å²) in [4.78, 5) is 19.8. The van der Waals surface area contributed by atoms with Gasteiger partial charge in [-0.2, -0.15) is 0 Å². The van der Waals surface area contributed by atoms with Crippen molar-refractivity contribution in [1.29, 1.82) is 0 Å². The van der Waals surface area contributed by atoms with Crippen molar-refractivity contribution in [3.05, 3.63) is 27.9 Å². The van der Waals surface area contributed by atoms with E-state index in [-0.39, 0.29) is 11.0 Å². The zero-order valence-corrected chi connectivity index (χ0v) is 14.0. The van der Waals surface area contributed by atoms with E-state index < -0.39 is 5.60 Å². The van der Waals surface area contributed by atoms with E-state index in [2.05, 4.69) is 32.7 Å². The zero-order valence-electron chi connectivity index (χ0n) is 14.0. The lowest BCUT2D eigenvalue weighted by Crippen LogP contribution is -2.39. The molecule has 4 nitrogen and oxygen atoms in total. The number of hydrogen-bond donors (Lipinski definition) is 1. The molecule has 0 saturated heterocycles. The predicted octanol–water partition coefficient (Wildman–Crippen LogP) is 3.51. The van der Waals surface area contributed by atoms with Gasteiger partial charge < -0.3 is 9.72 Å². The first-order valence-electron chi connectivity index (χ1n) is 8.03. The second-order valence-corrected chi connectivity index (χ2v) is 7.36. The molecule has 2 atom stereocenters. The van der Waals surface area contributed by atoms with Crippen LogP contribution >= 0.6 is 0 Å². The topological polar surface area (TPSA) is 55.0 Å². The van der Waals surface area contributed by atoms with Gasteiger partial charge in [0.2, 0.25) is 0 Å². The first-order valence-corrected chi connectivity index (χ1v) is 8.03. The number of aromatic amines is 1. The van der Waals surface area contributed by atoms with E-state index in [9.17, 15) is 4.79 Å². The number of ether oxygens (including phenoxy) is 1. The van der Waals surface area contributed by atoms with Crippen LogP contribution in [-0.2, 0) is 15.8 Å². The molecular formula is C17H28N2O2. The molecule has 1 heterocycles. The largest absolute Gasteiger partial charge is 0.367 e. The van der Waals surface area contributed by atoms with Gasteiger partial charge in [-0.3, -0.25) is 4.79 Å². The Hall–Kier alpha value is -1.16. The first kappa shape index (κ1) is 16.2. The highest BCUT2D eigenvalue weighted by Crippen LogP contribution is 2.41. The molecule has 1 aliphatic rings. The lowest BCUT2D eigenvalue weighted by atomic mass is 9.78. The summed E-state index contributed by atoms with van der Waals surface area (Å²) in [6.07, 6.45) is 4.20. The van der Waals surface area contributed by atoms with Crippen LogP contribution in [0, 0.1) is 5.92 Å². The molecule has 0 amide bonds. The summed E-state index contributed by atoms with van der Waals surface area (Å²) >= 11 is 0. The lowest BCUT2D eigenvalue weighted by molar-refractivity contribution is -0.0884. The number of aromatic nitrogens is 2. The molecule has 118 valence electrons. The summed E-state index contributed by atoms with van der Waals surface area (Å²) < 4.78 is 6.12. The first-order chi connectivity index (χ1) is 9.77. The zero-order chi connectivity index (χ0) is 15.7. The van der Waals surface area contributed by atoms with Crippen molar-refractivity contribution in [2.24, 2.45) is 5.92 Å². The van der Waals surface area contributed by atoms with Gasteiger partial charge in [0.1, 0.15) is 11.4 Å². The maximum Gasteiger partial charge on any atom is 0.251 e. The minimum atomic E-state index is -0.424. The van der Waals surface area contributed by atoms with Crippen molar-refractivity contribution in [3.8, 4) is 0 Å². The van der Waals surface area contributed by atoms with Crippen molar-refractivity contribution >= 4 is 0 Å². The van der Waals surface area contributed by atoms with E-state index in [1.165, 1.54) is 6.42 Å². The smallest absolute Gasteiger partial charge is 0.251 e. The van der Waals surface area contributed by atoms with Gasteiger partial charge in [0.05, 0.1) is 5.69 Å². The van der Waals surface area contributed by atoms with Gasteiger partial charge in [-0.05, 0) is 32.1 Å². The average molecular weight is 292 g/mol. The second kappa shape index (κ2) is 5.91. The molecule has 21 heavy (non-hydrogen) atoms. The lowest BCUT2D eigenvalue weighted by Gasteiger charge is -2.39. The molecule has 1 aromatic rings. The molecule has 0 aliphatic heterocycles. The van der Waals surface area contributed by atoms with E-state index in [4.69, 9.17) is 9.72 Å². The van der Waals surface area contributed by atoms with Crippen LogP contribution in [0.5, 0.6) is 0 Å². The third-order valence-corrected chi connectivity index (χ3v) is 4.32. The van der Waals surface area contributed by atoms with Crippen molar-refractivity contribution in [1.82, 2.24) is 9.97 Å². The normalized spacial score (nSPS) is 26.8. The van der Waals surface area contributed by atoms with Crippen LogP contribution in [0.1, 0.15) is 71.8 Å². The Kier molecular flexibility index (Phi) is 4.57. The Morgan fingerprint density at radius 1 is 1.48 bits per heavy atom. The monoisotopic (exact) mass is 292 g/mol. The number of hydrogen-bond acceptors (Lipinski definition) is 3. The molecular weight excluding hydrogens is 264 g/mol. The maximum atomic E-state index is 12.1. The summed E-state index contributed by atoms with van der Waals surface area (Å²) in [5.41, 5.74) is 0.185. The number of nitrogens with zero attached hydrogens (tertiary/aromatic N) is 1. The Bertz CT molecular complexity index is 540. The SMILES string of the molecule is CCOC1(c2nc(C(C)(C)C)cc(=O)[nH]2)CCCC(C)C1. The molecule has 0 bridgehead atoms. The summed E-state index contributed by atoms with van der Waals surface area (Å²) in [5, 5.41) is 0. The number of rotatable bonds is 3. The molecule has 1 saturated carbocycles. The van der Waals surface area contributed by atoms with E-state index in [1.807, 2.05) is 6.92 Å². The van der Waals surface area contributed by atoms with Gasteiger partial charge >= 0.3 is 0 Å². The molecule has 4 heteroatoms. The minimum absolute atomic E-state index is 0.0813. The van der Waals surface area contributed by atoms with Gasteiger partial charge in [-0.1, -0.05) is 34.1 Å². The Labute approximate surface area is 127 Å². The van der Waals surface area contributed by atoms with E-state index in [0.717, 1.165) is 25.0 Å². The molecule has 1 N–H and O–H groups in total. The van der Waals surface area contributed by atoms with Gasteiger partial charge in [-0.15, -0.1) is 0 Å². The summed E-state index contributed by atoms with van der Waals surface area (Å²) in [6, 6.07) is 1.61. The Balaban J connectivity index is 2.50. The van der Waals surface area contributed by atoms with E-state index in [1.54, 1.807) is 6.07 Å². The van der Waals surface area contributed by atoms with E-state index >= 15 is 0 Å². The summed E-state index contributed by atoms with van der Waals surface area (Å²) in [6.45, 7) is 11.1. The van der Waals surface area contributed by atoms with Crippen molar-refractivity contribution in [2.75, 3.05) is 6.61 Å². The van der Waals surface area contributed by atoms with E-state index in [0.29, 0.717) is 18.3 Å². The third kappa shape index (κ3) is 3.54. The summed E-state index contributed by atoms with van der Waals surface area (Å²) in [5.74, 6) is 1.31. The average Bonchev–Trinajstić information content (AvgIpc) is 2.37. The number of nitrogens with one attached hydrogen (secondary N) is 1. The standard InChI is InChI=1S/C17H28N2O2/c1-6-21-17(9-7-8-12(2)11-17)15-18-13(16(3,4)5)10-14(20)19-15/h10,12H,6-9,11H2,1-5H3,(H,18,19,20). The third-order valence-electron chi connectivity index (χ3n) is 4.32. The van der Waals surface area contributed by atoms with Gasteiger partial charge in [0, 0.05) is 18.1 Å². The van der Waals surface area contributed by atoms with Crippen LogP contribution in [0.4, 0.5) is 0 Å². The van der Waals surface area contributed by atoms with Crippen molar-refractivity contribution < 1.29 is 4.74 Å². The molecule has 0 aromatic carbocycles. The Morgan fingerprint density at radius 2 is 2.19 bits per heavy atom. The predicted molar refractivity (Wildman–Crippen MR) is 84.5 cm³/mol. The number of H-pyrrole nitrogens is 1. The molecule has 1 fully saturated rings. The molecule has 1 aliphatic carbocycles. The second-order valence-electron chi connectivity index (χ2n) is 7.36. The molecule has 2 unspecified atom stereocenters. The molecule has 0 radical (unpaired) electrons. The highest BCUT2D eigenvalue weighted by atomic mass is 16.5. The Morgan fingerprint density at radius 3 is 2.76 bits per heavy atom. The highest BCUT2D eigenvalue weighted by Gasteiger charge is 2.40. The van der Waals surface area contributed by atoms with Crippen molar-refractivity contribution in [3.63, 3.8) is 0 Å². The van der Waals surface area contributed by atoms with Crippen molar-refractivity contribution in [2.45, 2.75) is 71.3 Å². The minimum Gasteiger partial charge on any atom is -0.367 e. The van der Waals surface area contributed by atoms with Gasteiger partial charge in [0.15, 0.2) is 0 Å². The van der Waals surface area contributed by atoms with Gasteiger partial charge in [0.25, 0.3) is 5.56 Å². The van der Waals surface area contributed by atoms with Crippen LogP contribution < -0.4 is 5.56 Å². The molecule has 1 aromatic heterocycles. The van der Waals surface area contributed by atoms with Crippen LogP contribution in [0.15, 0.2) is 10.9 Å². The highest BCUT2D eigenvalue weighted by molar-refractivity contribution is 5.16. The van der Waals surface area contributed by atoms with Crippen LogP contribution in [0.3, 0.4) is 0 Å². The quantitative estimate of drug-likeness (QED) is 0.927. The maximum absolute atomic E-state index is 12.1. The van der Waals surface area contributed by atoms with Crippen LogP contribution in [0.25, 0.3) is 0 Å². The van der Waals surface area contributed by atoms with Gasteiger partial charge in [-0.25, -0.2) is 4.98 Å². The van der Waals surface area contributed by atoms with Crippen LogP contribution in [-0.4, -0.2) is 16.6 Å². The molecule has 2 rings (SSSR count).